The molecule has 20 heavy (non-hydrogen) atoms. The smallest absolute Gasteiger partial charge is 0.234 e. The normalized spacial score (nSPS) is 19.2. The molecular weight excluding hydrogens is 252 g/mol. The number of primary amides is 1. The van der Waals surface area contributed by atoms with Crippen LogP contribution >= 0.6 is 0 Å². The van der Waals surface area contributed by atoms with Gasteiger partial charge in [0.15, 0.2) is 0 Å². The fraction of sp³-hybridized carbons (Fsp3) is 0.667. The quantitative estimate of drug-likeness (QED) is 0.907. The number of amides is 1. The van der Waals surface area contributed by atoms with Gasteiger partial charge in [-0.3, -0.25) is 9.69 Å². The molecule has 1 aliphatic heterocycles. The Kier molecular flexibility index (Phi) is 4.70. The highest BCUT2D eigenvalue weighted by atomic mass is 16.1. The van der Waals surface area contributed by atoms with E-state index in [0.717, 1.165) is 37.4 Å². The second kappa shape index (κ2) is 6.31. The molecule has 110 valence electrons. The molecule has 0 bridgehead atoms. The summed E-state index contributed by atoms with van der Waals surface area (Å²) < 4.78 is 0. The van der Waals surface area contributed by atoms with Gasteiger partial charge in [0, 0.05) is 23.7 Å². The minimum atomic E-state index is -0.243. The molecule has 5 heteroatoms. The van der Waals surface area contributed by atoms with Crippen LogP contribution < -0.4 is 5.73 Å². The van der Waals surface area contributed by atoms with Crippen molar-refractivity contribution in [3.05, 3.63) is 23.8 Å². The first-order valence-electron chi connectivity index (χ1n) is 7.35. The third-order valence-electron chi connectivity index (χ3n) is 4.12. The van der Waals surface area contributed by atoms with Crippen molar-refractivity contribution in [3.8, 4) is 0 Å². The lowest BCUT2D eigenvalue weighted by Gasteiger charge is -2.34. The highest BCUT2D eigenvalue weighted by Crippen LogP contribution is 2.27. The van der Waals surface area contributed by atoms with Crippen molar-refractivity contribution < 1.29 is 4.79 Å². The average Bonchev–Trinajstić information content (AvgIpc) is 2.46. The third-order valence-corrected chi connectivity index (χ3v) is 4.12. The van der Waals surface area contributed by atoms with Gasteiger partial charge in [-0.25, -0.2) is 9.97 Å². The molecule has 0 unspecified atom stereocenters. The van der Waals surface area contributed by atoms with E-state index in [1.807, 2.05) is 19.2 Å². The first-order chi connectivity index (χ1) is 9.49. The Morgan fingerprint density at radius 2 is 2.00 bits per heavy atom. The van der Waals surface area contributed by atoms with Gasteiger partial charge in [0.05, 0.1) is 6.04 Å². The molecule has 5 nitrogen and oxygen atoms in total. The number of nitrogens with zero attached hydrogens (tertiary/aromatic N) is 3. The summed E-state index contributed by atoms with van der Waals surface area (Å²) in [6.07, 6.45) is 3.90. The first-order valence-corrected chi connectivity index (χ1v) is 7.35. The van der Waals surface area contributed by atoms with Crippen molar-refractivity contribution in [2.45, 2.75) is 51.5 Å². The van der Waals surface area contributed by atoms with Gasteiger partial charge in [0.2, 0.25) is 5.91 Å². The molecule has 0 aliphatic carbocycles. The maximum absolute atomic E-state index is 11.2. The van der Waals surface area contributed by atoms with Crippen LogP contribution in [-0.4, -0.2) is 39.9 Å². The summed E-state index contributed by atoms with van der Waals surface area (Å²) >= 11 is 0. The van der Waals surface area contributed by atoms with Crippen molar-refractivity contribution in [1.29, 1.82) is 0 Å². The van der Waals surface area contributed by atoms with Crippen LogP contribution in [0.15, 0.2) is 12.3 Å². The summed E-state index contributed by atoms with van der Waals surface area (Å²) in [6, 6.07) is 1.84. The van der Waals surface area contributed by atoms with Crippen LogP contribution in [0.3, 0.4) is 0 Å². The van der Waals surface area contributed by atoms with Gasteiger partial charge in [-0.15, -0.1) is 0 Å². The zero-order valence-corrected chi connectivity index (χ0v) is 12.5. The van der Waals surface area contributed by atoms with E-state index in [-0.39, 0.29) is 11.9 Å². The maximum Gasteiger partial charge on any atom is 0.234 e. The molecule has 0 spiro atoms. The number of rotatable bonds is 4. The Hall–Kier alpha value is -1.49. The van der Waals surface area contributed by atoms with Crippen LogP contribution in [-0.2, 0) is 4.79 Å². The van der Waals surface area contributed by atoms with E-state index in [1.165, 1.54) is 0 Å². The molecule has 2 heterocycles. The van der Waals surface area contributed by atoms with E-state index in [9.17, 15) is 4.79 Å². The van der Waals surface area contributed by atoms with E-state index in [1.54, 1.807) is 0 Å². The summed E-state index contributed by atoms with van der Waals surface area (Å²) in [4.78, 5) is 22.4. The second-order valence-electron chi connectivity index (χ2n) is 5.88. The number of carbonyl (C=O) groups is 1. The Bertz CT molecular complexity index is 467. The lowest BCUT2D eigenvalue weighted by atomic mass is 9.92. The van der Waals surface area contributed by atoms with Crippen LogP contribution in [0.5, 0.6) is 0 Å². The van der Waals surface area contributed by atoms with Crippen LogP contribution in [0.1, 0.15) is 57.0 Å². The zero-order valence-electron chi connectivity index (χ0n) is 12.5. The van der Waals surface area contributed by atoms with Gasteiger partial charge in [0.25, 0.3) is 0 Å². The maximum atomic E-state index is 11.2. The van der Waals surface area contributed by atoms with Crippen molar-refractivity contribution in [1.82, 2.24) is 14.9 Å². The molecule has 1 fully saturated rings. The molecule has 2 N–H and O–H groups in total. The zero-order chi connectivity index (χ0) is 14.7. The van der Waals surface area contributed by atoms with Crippen molar-refractivity contribution >= 4 is 5.91 Å². The number of likely N-dealkylation sites (tertiary alicyclic amines) is 1. The van der Waals surface area contributed by atoms with E-state index < -0.39 is 0 Å². The van der Waals surface area contributed by atoms with Gasteiger partial charge >= 0.3 is 0 Å². The molecule has 0 aromatic carbocycles. The number of carbonyl (C=O) groups excluding carboxylic acids is 1. The molecule has 1 aromatic rings. The number of piperidine rings is 1. The molecule has 2 rings (SSSR count). The highest BCUT2D eigenvalue weighted by molar-refractivity contribution is 5.79. The van der Waals surface area contributed by atoms with Crippen molar-refractivity contribution in [3.63, 3.8) is 0 Å². The van der Waals surface area contributed by atoms with Gasteiger partial charge < -0.3 is 5.73 Å². The summed E-state index contributed by atoms with van der Waals surface area (Å²) in [5.74, 6) is 1.49. The van der Waals surface area contributed by atoms with Gasteiger partial charge in [-0.05, 0) is 38.9 Å². The van der Waals surface area contributed by atoms with E-state index in [0.29, 0.717) is 11.8 Å². The lowest BCUT2D eigenvalue weighted by molar-refractivity contribution is -0.123. The Balaban J connectivity index is 2.00. The van der Waals surface area contributed by atoms with Crippen molar-refractivity contribution in [2.24, 2.45) is 5.73 Å². The van der Waals surface area contributed by atoms with Gasteiger partial charge in [-0.2, -0.15) is 0 Å². The summed E-state index contributed by atoms with van der Waals surface area (Å²) in [5, 5.41) is 0. The van der Waals surface area contributed by atoms with Gasteiger partial charge in [-0.1, -0.05) is 13.8 Å². The Morgan fingerprint density at radius 3 is 2.55 bits per heavy atom. The molecule has 0 saturated carbocycles. The Labute approximate surface area is 120 Å². The number of aromatic nitrogens is 2. The standard InChI is InChI=1S/C15H24N4O/c1-10(2)15-17-7-4-13(18-15)12-5-8-19(9-6-12)11(3)14(16)20/h4,7,10-12H,5-6,8-9H2,1-3H3,(H2,16,20)/t11-/m1/s1. The average molecular weight is 276 g/mol. The number of hydrogen-bond acceptors (Lipinski definition) is 4. The van der Waals surface area contributed by atoms with E-state index in [4.69, 9.17) is 5.73 Å². The number of hydrogen-bond donors (Lipinski definition) is 1. The largest absolute Gasteiger partial charge is 0.368 e. The molecule has 0 radical (unpaired) electrons. The SMILES string of the molecule is CC(C)c1nccc(C2CCN([C@H](C)C(N)=O)CC2)n1. The lowest BCUT2D eigenvalue weighted by Crippen LogP contribution is -2.46. The van der Waals surface area contributed by atoms with Gasteiger partial charge in [0.1, 0.15) is 5.82 Å². The minimum Gasteiger partial charge on any atom is -0.368 e. The molecule has 1 amide bonds. The van der Waals surface area contributed by atoms with Crippen LogP contribution in [0, 0.1) is 0 Å². The molecule has 1 aromatic heterocycles. The summed E-state index contributed by atoms with van der Waals surface area (Å²) in [7, 11) is 0. The van der Waals surface area contributed by atoms with Crippen molar-refractivity contribution in [2.75, 3.05) is 13.1 Å². The summed E-state index contributed by atoms with van der Waals surface area (Å²) in [5.41, 5.74) is 6.50. The predicted octanol–water partition coefficient (Wildman–Crippen LogP) is 1.65. The second-order valence-corrected chi connectivity index (χ2v) is 5.88. The summed E-state index contributed by atoms with van der Waals surface area (Å²) in [6.45, 7) is 7.89. The topological polar surface area (TPSA) is 72.1 Å². The number of nitrogens with two attached hydrogens (primary N) is 1. The monoisotopic (exact) mass is 276 g/mol. The molecule has 1 atom stereocenters. The van der Waals surface area contributed by atoms with E-state index >= 15 is 0 Å². The third kappa shape index (κ3) is 3.33. The fourth-order valence-electron chi connectivity index (χ4n) is 2.66. The first kappa shape index (κ1) is 14.9. The molecule has 1 saturated heterocycles. The van der Waals surface area contributed by atoms with E-state index in [2.05, 4.69) is 28.7 Å². The highest BCUT2D eigenvalue weighted by Gasteiger charge is 2.26. The molecular formula is C15H24N4O. The predicted molar refractivity (Wildman–Crippen MR) is 78.3 cm³/mol. The van der Waals surface area contributed by atoms with Crippen LogP contribution in [0.2, 0.25) is 0 Å². The van der Waals surface area contributed by atoms with Crippen LogP contribution in [0.25, 0.3) is 0 Å². The fourth-order valence-corrected chi connectivity index (χ4v) is 2.66. The molecule has 1 aliphatic rings. The minimum absolute atomic E-state index is 0.174. The van der Waals surface area contributed by atoms with Crippen LogP contribution in [0.4, 0.5) is 0 Å². The Morgan fingerprint density at radius 1 is 1.35 bits per heavy atom.